The Kier molecular flexibility index (Phi) is 6.28. The maximum atomic E-state index is 12.3. The Bertz CT molecular complexity index is 740. The Balaban J connectivity index is 2.08. The third kappa shape index (κ3) is 4.66. The summed E-state index contributed by atoms with van der Waals surface area (Å²) in [5, 5.41) is 5.80. The number of aryl methyl sites for hydroxylation is 2. The number of rotatable bonds is 6. The van der Waals surface area contributed by atoms with Crippen LogP contribution in [0.1, 0.15) is 25.0 Å². The fraction of sp³-hybridized carbons (Fsp3) is 0.350. The zero-order valence-corrected chi connectivity index (χ0v) is 15.6. The third-order valence-corrected chi connectivity index (χ3v) is 4.27. The van der Waals surface area contributed by atoms with Gasteiger partial charge in [0, 0.05) is 30.2 Å². The molecule has 0 fully saturated rings. The molecule has 25 heavy (non-hydrogen) atoms. The standard InChI is InChI=1S/C20H27N3O2/c1-6-23(7-2)16-8-10-18(14(3)12-16)21-20(24)22-19-11-9-17(25-5)13-15(19)4/h8-13H,6-7H2,1-5H3,(H2,21,22,24). The van der Waals surface area contributed by atoms with Gasteiger partial charge in [-0.15, -0.1) is 0 Å². The van der Waals surface area contributed by atoms with Crippen molar-refractivity contribution in [1.82, 2.24) is 0 Å². The molecule has 0 aliphatic carbocycles. The Morgan fingerprint density at radius 1 is 0.960 bits per heavy atom. The lowest BCUT2D eigenvalue weighted by molar-refractivity contribution is 0.262. The van der Waals surface area contributed by atoms with Gasteiger partial charge in [-0.05, 0) is 75.2 Å². The molecule has 0 heterocycles. The molecule has 5 nitrogen and oxygen atoms in total. The maximum absolute atomic E-state index is 12.3. The lowest BCUT2D eigenvalue weighted by atomic mass is 10.1. The van der Waals surface area contributed by atoms with E-state index in [9.17, 15) is 4.79 Å². The van der Waals surface area contributed by atoms with Crippen LogP contribution in [-0.2, 0) is 0 Å². The zero-order valence-electron chi connectivity index (χ0n) is 15.6. The number of methoxy groups -OCH3 is 1. The van der Waals surface area contributed by atoms with Gasteiger partial charge in [0.05, 0.1) is 7.11 Å². The van der Waals surface area contributed by atoms with Gasteiger partial charge in [-0.3, -0.25) is 0 Å². The number of amides is 2. The lowest BCUT2D eigenvalue weighted by Gasteiger charge is -2.22. The van der Waals surface area contributed by atoms with Gasteiger partial charge in [0.15, 0.2) is 0 Å². The summed E-state index contributed by atoms with van der Waals surface area (Å²) in [6.07, 6.45) is 0. The number of nitrogens with zero attached hydrogens (tertiary/aromatic N) is 1. The second kappa shape index (κ2) is 8.42. The largest absolute Gasteiger partial charge is 0.497 e. The Labute approximate surface area is 150 Å². The number of urea groups is 1. The molecule has 0 atom stereocenters. The van der Waals surface area contributed by atoms with Crippen molar-refractivity contribution >= 4 is 23.1 Å². The molecule has 2 aromatic rings. The molecule has 5 heteroatoms. The molecule has 2 aromatic carbocycles. The molecule has 0 saturated heterocycles. The molecule has 0 aromatic heterocycles. The van der Waals surface area contributed by atoms with Crippen molar-refractivity contribution in [1.29, 1.82) is 0 Å². The number of benzene rings is 2. The van der Waals surface area contributed by atoms with Gasteiger partial charge in [0.25, 0.3) is 0 Å². The first-order valence-electron chi connectivity index (χ1n) is 8.56. The van der Waals surface area contributed by atoms with Crippen LogP contribution in [0.2, 0.25) is 0 Å². The van der Waals surface area contributed by atoms with Crippen LogP contribution in [0.5, 0.6) is 5.75 Å². The number of ether oxygens (including phenoxy) is 1. The second-order valence-electron chi connectivity index (χ2n) is 5.93. The fourth-order valence-electron chi connectivity index (χ4n) is 2.75. The summed E-state index contributed by atoms with van der Waals surface area (Å²) < 4.78 is 5.18. The van der Waals surface area contributed by atoms with Crippen molar-refractivity contribution in [2.45, 2.75) is 27.7 Å². The molecule has 0 bridgehead atoms. The highest BCUT2D eigenvalue weighted by Gasteiger charge is 2.09. The summed E-state index contributed by atoms with van der Waals surface area (Å²) in [6, 6.07) is 11.4. The Morgan fingerprint density at radius 2 is 1.52 bits per heavy atom. The molecule has 0 unspecified atom stereocenters. The van der Waals surface area contributed by atoms with Gasteiger partial charge in [-0.25, -0.2) is 4.79 Å². The Morgan fingerprint density at radius 3 is 2.00 bits per heavy atom. The van der Waals surface area contributed by atoms with E-state index in [0.29, 0.717) is 0 Å². The number of anilines is 3. The average molecular weight is 341 g/mol. The van der Waals surface area contributed by atoms with Gasteiger partial charge in [-0.2, -0.15) is 0 Å². The summed E-state index contributed by atoms with van der Waals surface area (Å²) in [6.45, 7) is 10.1. The van der Waals surface area contributed by atoms with E-state index in [2.05, 4.69) is 35.4 Å². The van der Waals surface area contributed by atoms with Gasteiger partial charge in [0.1, 0.15) is 5.75 Å². The van der Waals surface area contributed by atoms with Crippen LogP contribution >= 0.6 is 0 Å². The summed E-state index contributed by atoms with van der Waals surface area (Å²) in [7, 11) is 1.62. The summed E-state index contributed by atoms with van der Waals surface area (Å²) in [5.74, 6) is 0.770. The normalized spacial score (nSPS) is 10.3. The van der Waals surface area contributed by atoms with Crippen LogP contribution in [0.25, 0.3) is 0 Å². The molecule has 0 radical (unpaired) electrons. The first-order valence-corrected chi connectivity index (χ1v) is 8.56. The first-order chi connectivity index (χ1) is 12.0. The van der Waals surface area contributed by atoms with E-state index in [0.717, 1.165) is 41.3 Å². The van der Waals surface area contributed by atoms with Crippen LogP contribution in [-0.4, -0.2) is 26.2 Å². The molecule has 2 N–H and O–H groups in total. The Hall–Kier alpha value is -2.69. The third-order valence-electron chi connectivity index (χ3n) is 4.27. The monoisotopic (exact) mass is 341 g/mol. The van der Waals surface area contributed by atoms with Crippen LogP contribution in [0.3, 0.4) is 0 Å². The summed E-state index contributed by atoms with van der Waals surface area (Å²) in [4.78, 5) is 14.6. The van der Waals surface area contributed by atoms with Gasteiger partial charge >= 0.3 is 6.03 Å². The predicted octanol–water partition coefficient (Wildman–Crippen LogP) is 4.80. The van der Waals surface area contributed by atoms with E-state index in [1.54, 1.807) is 7.11 Å². The van der Waals surface area contributed by atoms with Crippen molar-refractivity contribution in [2.75, 3.05) is 35.7 Å². The minimum atomic E-state index is -0.257. The van der Waals surface area contributed by atoms with Gasteiger partial charge in [0.2, 0.25) is 0 Å². The van der Waals surface area contributed by atoms with E-state index in [-0.39, 0.29) is 6.03 Å². The highest BCUT2D eigenvalue weighted by Crippen LogP contribution is 2.24. The minimum Gasteiger partial charge on any atom is -0.497 e. The number of hydrogen-bond acceptors (Lipinski definition) is 3. The van der Waals surface area contributed by atoms with Crippen LogP contribution in [0, 0.1) is 13.8 Å². The number of carbonyl (C=O) groups excluding carboxylic acids is 1. The average Bonchev–Trinajstić information content (AvgIpc) is 2.60. The van der Waals surface area contributed by atoms with Crippen molar-refractivity contribution in [3.8, 4) is 5.75 Å². The second-order valence-corrected chi connectivity index (χ2v) is 5.93. The topological polar surface area (TPSA) is 53.6 Å². The predicted molar refractivity (Wildman–Crippen MR) is 105 cm³/mol. The van der Waals surface area contributed by atoms with Gasteiger partial charge in [-0.1, -0.05) is 0 Å². The first kappa shape index (κ1) is 18.6. The highest BCUT2D eigenvalue weighted by atomic mass is 16.5. The van der Waals surface area contributed by atoms with Crippen LogP contribution in [0.15, 0.2) is 36.4 Å². The lowest BCUT2D eigenvalue weighted by Crippen LogP contribution is -2.23. The van der Waals surface area contributed by atoms with Crippen molar-refractivity contribution in [3.63, 3.8) is 0 Å². The summed E-state index contributed by atoms with van der Waals surface area (Å²) in [5.41, 5.74) is 4.71. The smallest absolute Gasteiger partial charge is 0.323 e. The van der Waals surface area contributed by atoms with Crippen molar-refractivity contribution in [3.05, 3.63) is 47.5 Å². The quantitative estimate of drug-likeness (QED) is 0.793. The molecule has 0 spiro atoms. The van der Waals surface area contributed by atoms with E-state index < -0.39 is 0 Å². The van der Waals surface area contributed by atoms with E-state index >= 15 is 0 Å². The molecule has 0 aliphatic heterocycles. The maximum Gasteiger partial charge on any atom is 0.323 e. The van der Waals surface area contributed by atoms with E-state index in [1.807, 2.05) is 44.2 Å². The summed E-state index contributed by atoms with van der Waals surface area (Å²) >= 11 is 0. The van der Waals surface area contributed by atoms with E-state index in [1.165, 1.54) is 5.69 Å². The molecule has 2 rings (SSSR count). The van der Waals surface area contributed by atoms with Crippen LogP contribution < -0.4 is 20.3 Å². The molecule has 0 aliphatic rings. The SMILES string of the molecule is CCN(CC)c1ccc(NC(=O)Nc2ccc(OC)cc2C)c(C)c1. The van der Waals surface area contributed by atoms with E-state index in [4.69, 9.17) is 4.74 Å². The van der Waals surface area contributed by atoms with Crippen molar-refractivity contribution < 1.29 is 9.53 Å². The highest BCUT2D eigenvalue weighted by molar-refractivity contribution is 6.00. The van der Waals surface area contributed by atoms with Gasteiger partial charge < -0.3 is 20.3 Å². The zero-order chi connectivity index (χ0) is 18.4. The van der Waals surface area contributed by atoms with Crippen molar-refractivity contribution in [2.24, 2.45) is 0 Å². The molecule has 134 valence electrons. The minimum absolute atomic E-state index is 0.257. The number of hydrogen-bond donors (Lipinski definition) is 2. The molecular weight excluding hydrogens is 314 g/mol. The number of nitrogens with one attached hydrogen (secondary N) is 2. The number of carbonyl (C=O) groups is 1. The molecular formula is C20H27N3O2. The molecule has 2 amide bonds. The molecule has 0 saturated carbocycles. The van der Waals surface area contributed by atoms with Crippen LogP contribution in [0.4, 0.5) is 21.9 Å². The fourth-order valence-corrected chi connectivity index (χ4v) is 2.75.